The van der Waals surface area contributed by atoms with Crippen LogP contribution in [0.5, 0.6) is 5.75 Å². The van der Waals surface area contributed by atoms with Crippen molar-refractivity contribution in [2.45, 2.75) is 31.7 Å². The van der Waals surface area contributed by atoms with Crippen molar-refractivity contribution in [3.8, 4) is 5.75 Å². The Hall–Kier alpha value is -3.61. The van der Waals surface area contributed by atoms with Gasteiger partial charge in [0.2, 0.25) is 0 Å². The molecule has 2 aromatic rings. The number of aliphatic hydroxyl groups is 1. The zero-order valence-corrected chi connectivity index (χ0v) is 17.3. The van der Waals surface area contributed by atoms with Crippen LogP contribution in [-0.4, -0.2) is 46.4 Å². The molecule has 0 bridgehead atoms. The molecule has 7 heteroatoms. The number of likely N-dealkylation sites (tertiary alicyclic amines) is 1. The molecular formula is C24H25NO6. The highest BCUT2D eigenvalue weighted by molar-refractivity contribution is 6.46. The van der Waals surface area contributed by atoms with Gasteiger partial charge >= 0.3 is 5.97 Å². The standard InChI is InChI=1S/C24H25NO6/c1-31-18-12-8-11-17(15-18)21-20(22(28)16-9-4-2-5-10-16)23(29)24(30)25(21)14-7-3-6-13-19(26)27/h2,4-5,8-12,15,21,28H,3,6-7,13-14H2,1H3,(H,26,27). The highest BCUT2D eigenvalue weighted by Gasteiger charge is 2.45. The van der Waals surface area contributed by atoms with E-state index in [1.807, 2.05) is 0 Å². The number of ether oxygens (including phenoxy) is 1. The summed E-state index contributed by atoms with van der Waals surface area (Å²) in [4.78, 5) is 38.0. The summed E-state index contributed by atoms with van der Waals surface area (Å²) >= 11 is 0. The second kappa shape index (κ2) is 9.93. The van der Waals surface area contributed by atoms with Gasteiger partial charge in [0.1, 0.15) is 11.5 Å². The van der Waals surface area contributed by atoms with Gasteiger partial charge in [0.05, 0.1) is 18.7 Å². The molecule has 1 unspecified atom stereocenters. The molecule has 2 aromatic carbocycles. The van der Waals surface area contributed by atoms with Crippen LogP contribution in [0.1, 0.15) is 42.9 Å². The van der Waals surface area contributed by atoms with Gasteiger partial charge in [-0.1, -0.05) is 48.9 Å². The molecule has 0 saturated carbocycles. The Bertz CT molecular complexity index is 998. The second-order valence-electron chi connectivity index (χ2n) is 7.34. The largest absolute Gasteiger partial charge is 0.507 e. The van der Waals surface area contributed by atoms with Crippen LogP contribution < -0.4 is 4.74 Å². The molecule has 7 nitrogen and oxygen atoms in total. The highest BCUT2D eigenvalue weighted by atomic mass is 16.5. The van der Waals surface area contributed by atoms with E-state index in [-0.39, 0.29) is 24.3 Å². The van der Waals surface area contributed by atoms with E-state index in [4.69, 9.17) is 9.84 Å². The Morgan fingerprint density at radius 3 is 2.42 bits per heavy atom. The van der Waals surface area contributed by atoms with Crippen molar-refractivity contribution in [3.63, 3.8) is 0 Å². The third-order valence-electron chi connectivity index (χ3n) is 5.29. The molecule has 3 rings (SSSR count). The number of nitrogens with zero attached hydrogens (tertiary/aromatic N) is 1. The molecule has 0 radical (unpaired) electrons. The van der Waals surface area contributed by atoms with Gasteiger partial charge in [0, 0.05) is 18.5 Å². The minimum atomic E-state index is -0.861. The third-order valence-corrected chi connectivity index (χ3v) is 5.29. The molecule has 0 spiro atoms. The van der Waals surface area contributed by atoms with Crippen LogP contribution in [0.4, 0.5) is 0 Å². The fraction of sp³-hybridized carbons (Fsp3) is 0.292. The lowest BCUT2D eigenvalue weighted by molar-refractivity contribution is -0.140. The SMILES string of the molecule is COc1cccc(C2C(=C(O)c3ccccc3)C(=O)C(=O)N2CCCCCC(=O)O)c1. The topological polar surface area (TPSA) is 104 Å². The maximum Gasteiger partial charge on any atom is 0.303 e. The van der Waals surface area contributed by atoms with Crippen molar-refractivity contribution < 1.29 is 29.3 Å². The van der Waals surface area contributed by atoms with Crippen molar-refractivity contribution in [2.24, 2.45) is 0 Å². The number of Topliss-reactive ketones (excluding diaryl/α,β-unsaturated/α-hetero) is 1. The summed E-state index contributed by atoms with van der Waals surface area (Å²) in [5, 5.41) is 19.7. The number of unbranched alkanes of at least 4 members (excludes halogenated alkanes) is 2. The van der Waals surface area contributed by atoms with Crippen molar-refractivity contribution >= 4 is 23.4 Å². The molecule has 1 heterocycles. The molecular weight excluding hydrogens is 398 g/mol. The molecule has 1 aliphatic rings. The average molecular weight is 423 g/mol. The van der Waals surface area contributed by atoms with Gasteiger partial charge in [-0.25, -0.2) is 0 Å². The minimum absolute atomic E-state index is 0.0370. The molecule has 0 aliphatic carbocycles. The van der Waals surface area contributed by atoms with Crippen LogP contribution in [0, 0.1) is 0 Å². The zero-order valence-electron chi connectivity index (χ0n) is 17.3. The minimum Gasteiger partial charge on any atom is -0.507 e. The number of carboxylic acid groups (broad SMARTS) is 1. The van der Waals surface area contributed by atoms with Crippen LogP contribution >= 0.6 is 0 Å². The van der Waals surface area contributed by atoms with Crippen LogP contribution in [0.15, 0.2) is 60.2 Å². The number of benzene rings is 2. The Kier molecular flexibility index (Phi) is 7.07. The first kappa shape index (κ1) is 22.1. The summed E-state index contributed by atoms with van der Waals surface area (Å²) in [5.74, 6) is -1.92. The quantitative estimate of drug-likeness (QED) is 0.275. The third kappa shape index (κ3) is 4.94. The predicted molar refractivity (Wildman–Crippen MR) is 115 cm³/mol. The number of aliphatic hydroxyl groups excluding tert-OH is 1. The number of amides is 1. The number of carbonyl (C=O) groups excluding carboxylic acids is 2. The number of aliphatic carboxylic acids is 1. The summed E-state index contributed by atoms with van der Waals surface area (Å²) < 4.78 is 5.30. The highest BCUT2D eigenvalue weighted by Crippen LogP contribution is 2.40. The molecule has 1 atom stereocenters. The van der Waals surface area contributed by atoms with Gasteiger partial charge in [-0.2, -0.15) is 0 Å². The average Bonchev–Trinajstić information content (AvgIpc) is 3.03. The first-order valence-electron chi connectivity index (χ1n) is 10.1. The first-order valence-corrected chi connectivity index (χ1v) is 10.1. The lowest BCUT2D eigenvalue weighted by Gasteiger charge is -2.25. The lowest BCUT2D eigenvalue weighted by Crippen LogP contribution is -2.30. The van der Waals surface area contributed by atoms with Gasteiger partial charge in [-0.3, -0.25) is 14.4 Å². The van der Waals surface area contributed by atoms with Gasteiger partial charge < -0.3 is 19.8 Å². The summed E-state index contributed by atoms with van der Waals surface area (Å²) in [5.41, 5.74) is 1.14. The van der Waals surface area contributed by atoms with Gasteiger partial charge in [-0.15, -0.1) is 0 Å². The molecule has 0 aromatic heterocycles. The predicted octanol–water partition coefficient (Wildman–Crippen LogP) is 3.76. The van der Waals surface area contributed by atoms with E-state index in [1.54, 1.807) is 54.6 Å². The zero-order chi connectivity index (χ0) is 22.4. The smallest absolute Gasteiger partial charge is 0.303 e. The molecule has 1 fully saturated rings. The molecule has 1 aliphatic heterocycles. The van der Waals surface area contributed by atoms with Crippen molar-refractivity contribution in [3.05, 3.63) is 71.3 Å². The molecule has 1 saturated heterocycles. The number of carboxylic acids is 1. The molecule has 1 amide bonds. The lowest BCUT2D eigenvalue weighted by atomic mass is 9.95. The summed E-state index contributed by atoms with van der Waals surface area (Å²) in [6.45, 7) is 0.275. The monoisotopic (exact) mass is 423 g/mol. The Morgan fingerprint density at radius 2 is 1.74 bits per heavy atom. The van der Waals surface area contributed by atoms with Gasteiger partial charge in [-0.05, 0) is 30.5 Å². The van der Waals surface area contributed by atoms with Crippen LogP contribution in [0.3, 0.4) is 0 Å². The maximum atomic E-state index is 12.9. The number of hydrogen-bond donors (Lipinski definition) is 2. The van der Waals surface area contributed by atoms with Crippen LogP contribution in [-0.2, 0) is 14.4 Å². The van der Waals surface area contributed by atoms with E-state index in [9.17, 15) is 19.5 Å². The normalized spacial score (nSPS) is 17.7. The second-order valence-corrected chi connectivity index (χ2v) is 7.34. The van der Waals surface area contributed by atoms with Crippen LogP contribution in [0.2, 0.25) is 0 Å². The van der Waals surface area contributed by atoms with Gasteiger partial charge in [0.25, 0.3) is 11.7 Å². The number of hydrogen-bond acceptors (Lipinski definition) is 5. The van der Waals surface area contributed by atoms with Crippen molar-refractivity contribution in [1.82, 2.24) is 4.90 Å². The fourth-order valence-electron chi connectivity index (χ4n) is 3.76. The first-order chi connectivity index (χ1) is 14.9. The van der Waals surface area contributed by atoms with E-state index in [0.717, 1.165) is 0 Å². The number of rotatable bonds is 9. The molecule has 162 valence electrons. The van der Waals surface area contributed by atoms with E-state index >= 15 is 0 Å². The Morgan fingerprint density at radius 1 is 1.00 bits per heavy atom. The van der Waals surface area contributed by atoms with Gasteiger partial charge in [0.15, 0.2) is 0 Å². The van der Waals surface area contributed by atoms with E-state index in [2.05, 4.69) is 0 Å². The number of methoxy groups -OCH3 is 1. The fourth-order valence-corrected chi connectivity index (χ4v) is 3.76. The number of ketones is 1. The van der Waals surface area contributed by atoms with Crippen LogP contribution in [0.25, 0.3) is 5.76 Å². The Balaban J connectivity index is 1.98. The summed E-state index contributed by atoms with van der Waals surface area (Å²) in [6.07, 6.45) is 1.71. The summed E-state index contributed by atoms with van der Waals surface area (Å²) in [7, 11) is 1.53. The molecule has 2 N–H and O–H groups in total. The van der Waals surface area contributed by atoms with Crippen molar-refractivity contribution in [1.29, 1.82) is 0 Å². The van der Waals surface area contributed by atoms with Crippen molar-refractivity contribution in [2.75, 3.05) is 13.7 Å². The van der Waals surface area contributed by atoms with E-state index in [1.165, 1.54) is 12.0 Å². The van der Waals surface area contributed by atoms with E-state index < -0.39 is 23.7 Å². The number of carbonyl (C=O) groups is 3. The summed E-state index contributed by atoms with van der Waals surface area (Å²) in [6, 6.07) is 14.9. The molecule has 31 heavy (non-hydrogen) atoms. The maximum absolute atomic E-state index is 12.9. The van der Waals surface area contributed by atoms with E-state index in [0.29, 0.717) is 36.1 Å². The Labute approximate surface area is 180 Å².